The smallest absolute Gasteiger partial charge is 0.325 e. The molecule has 0 aromatic heterocycles. The number of carbonyl (C=O) groups is 2. The first kappa shape index (κ1) is 19.1. The quantitative estimate of drug-likeness (QED) is 0.555. The number of urea groups is 1. The molecule has 3 amide bonds. The maximum absolute atomic E-state index is 12.7. The number of non-ortho nitro benzene ring substituents is 1. The molecule has 0 bridgehead atoms. The van der Waals surface area contributed by atoms with E-state index in [-0.39, 0.29) is 11.6 Å². The number of guanidine groups is 1. The monoisotopic (exact) mass is 401 g/mol. The number of amides is 3. The van der Waals surface area contributed by atoms with Gasteiger partial charge in [-0.25, -0.2) is 9.79 Å². The standard InChI is InChI=1S/C18H23N7O4/c1-21-7-9-23(10-8-21)17-19-15-14(16(26)20-18(27)22(15)2)24(17)11-12-3-5-13(6-4-12)25(28)29/h3-6,14-15H,7-11H2,1-2H3,(H,20,26,27). The lowest BCUT2D eigenvalue weighted by Gasteiger charge is -2.39. The molecule has 3 aliphatic rings. The molecule has 0 radical (unpaired) electrons. The number of aliphatic imine (C=N–C) groups is 1. The van der Waals surface area contributed by atoms with E-state index in [1.807, 2.05) is 4.90 Å². The third kappa shape index (κ3) is 3.48. The van der Waals surface area contributed by atoms with Gasteiger partial charge < -0.3 is 19.6 Å². The van der Waals surface area contributed by atoms with Crippen LogP contribution in [0.15, 0.2) is 29.3 Å². The summed E-state index contributed by atoms with van der Waals surface area (Å²) < 4.78 is 0. The molecule has 0 aliphatic carbocycles. The van der Waals surface area contributed by atoms with E-state index < -0.39 is 23.2 Å². The molecular formula is C18H23N7O4. The number of nitrogens with one attached hydrogen (secondary N) is 1. The Labute approximate surface area is 167 Å². The van der Waals surface area contributed by atoms with Crippen LogP contribution in [0.2, 0.25) is 0 Å². The molecule has 3 aliphatic heterocycles. The summed E-state index contributed by atoms with van der Waals surface area (Å²) in [5.74, 6) is 0.302. The van der Waals surface area contributed by atoms with Crippen molar-refractivity contribution in [3.8, 4) is 0 Å². The SMILES string of the molecule is CN1CCN(C2=NC3C(C(=O)NC(=O)N3C)N2Cc2ccc([N+](=O)[O-])cc2)CC1. The third-order valence-electron chi connectivity index (χ3n) is 5.62. The molecule has 2 saturated heterocycles. The maximum Gasteiger partial charge on any atom is 0.325 e. The van der Waals surface area contributed by atoms with Gasteiger partial charge >= 0.3 is 6.03 Å². The van der Waals surface area contributed by atoms with Crippen molar-refractivity contribution >= 4 is 23.6 Å². The number of nitrogens with zero attached hydrogens (tertiary/aromatic N) is 6. The molecule has 2 unspecified atom stereocenters. The molecule has 29 heavy (non-hydrogen) atoms. The predicted octanol–water partition coefficient (Wildman–Crippen LogP) is -0.110. The summed E-state index contributed by atoms with van der Waals surface area (Å²) >= 11 is 0. The third-order valence-corrected chi connectivity index (χ3v) is 5.62. The van der Waals surface area contributed by atoms with Crippen LogP contribution in [0, 0.1) is 10.1 Å². The number of piperazine rings is 1. The Morgan fingerprint density at radius 3 is 2.41 bits per heavy atom. The topological polar surface area (TPSA) is 115 Å². The second-order valence-corrected chi connectivity index (χ2v) is 7.53. The van der Waals surface area contributed by atoms with Crippen LogP contribution in [0.3, 0.4) is 0 Å². The molecule has 11 nitrogen and oxygen atoms in total. The summed E-state index contributed by atoms with van der Waals surface area (Å²) in [5, 5.41) is 13.3. The van der Waals surface area contributed by atoms with Crippen LogP contribution in [0.25, 0.3) is 0 Å². The van der Waals surface area contributed by atoms with Crippen LogP contribution in [0.5, 0.6) is 0 Å². The number of nitro benzene ring substituents is 1. The lowest BCUT2D eigenvalue weighted by molar-refractivity contribution is -0.384. The van der Waals surface area contributed by atoms with E-state index >= 15 is 0 Å². The average molecular weight is 401 g/mol. The second kappa shape index (κ2) is 7.32. The Bertz CT molecular complexity index is 863. The Kier molecular flexibility index (Phi) is 4.82. The summed E-state index contributed by atoms with van der Waals surface area (Å²) in [7, 11) is 3.68. The van der Waals surface area contributed by atoms with Gasteiger partial charge in [0, 0.05) is 51.9 Å². The molecule has 1 aromatic rings. The van der Waals surface area contributed by atoms with Gasteiger partial charge in [-0.1, -0.05) is 12.1 Å². The van der Waals surface area contributed by atoms with Crippen molar-refractivity contribution in [2.75, 3.05) is 40.3 Å². The Morgan fingerprint density at radius 2 is 1.79 bits per heavy atom. The summed E-state index contributed by atoms with van der Waals surface area (Å²) in [4.78, 5) is 47.6. The van der Waals surface area contributed by atoms with Crippen molar-refractivity contribution in [3.05, 3.63) is 39.9 Å². The molecule has 0 saturated carbocycles. The molecule has 1 aromatic carbocycles. The van der Waals surface area contributed by atoms with E-state index in [1.54, 1.807) is 19.2 Å². The number of rotatable bonds is 3. The zero-order valence-corrected chi connectivity index (χ0v) is 16.3. The normalized spacial score (nSPS) is 25.0. The van der Waals surface area contributed by atoms with Crippen LogP contribution in [0.4, 0.5) is 10.5 Å². The minimum Gasteiger partial charge on any atom is -0.340 e. The number of hydrogen-bond donors (Lipinski definition) is 1. The average Bonchev–Trinajstić information content (AvgIpc) is 3.07. The fourth-order valence-electron chi connectivity index (χ4n) is 3.87. The highest BCUT2D eigenvalue weighted by Crippen LogP contribution is 2.28. The fourth-order valence-corrected chi connectivity index (χ4v) is 3.87. The molecule has 2 atom stereocenters. The Morgan fingerprint density at radius 1 is 1.14 bits per heavy atom. The minimum absolute atomic E-state index is 0.0155. The highest BCUT2D eigenvalue weighted by molar-refractivity contribution is 6.03. The zero-order chi connectivity index (χ0) is 20.7. The number of imide groups is 1. The molecular weight excluding hydrogens is 378 g/mol. The molecule has 2 fully saturated rings. The zero-order valence-electron chi connectivity index (χ0n) is 16.3. The van der Waals surface area contributed by atoms with Crippen molar-refractivity contribution in [2.45, 2.75) is 18.8 Å². The van der Waals surface area contributed by atoms with E-state index in [9.17, 15) is 19.7 Å². The first-order chi connectivity index (χ1) is 13.8. The second-order valence-electron chi connectivity index (χ2n) is 7.53. The van der Waals surface area contributed by atoms with Gasteiger partial charge in [-0.05, 0) is 12.6 Å². The number of benzene rings is 1. The van der Waals surface area contributed by atoms with Crippen LogP contribution in [-0.4, -0.2) is 94.9 Å². The first-order valence-corrected chi connectivity index (χ1v) is 9.44. The number of fused-ring (bicyclic) bond motifs is 1. The van der Waals surface area contributed by atoms with Crippen molar-refractivity contribution in [3.63, 3.8) is 0 Å². The minimum atomic E-state index is -0.637. The van der Waals surface area contributed by atoms with Crippen molar-refractivity contribution < 1.29 is 14.5 Å². The number of likely N-dealkylation sites (N-methyl/N-ethyl adjacent to an activating group) is 2. The van der Waals surface area contributed by atoms with Crippen molar-refractivity contribution in [2.24, 2.45) is 4.99 Å². The number of carbonyl (C=O) groups excluding carboxylic acids is 2. The van der Waals surface area contributed by atoms with E-state index in [2.05, 4.69) is 22.2 Å². The molecule has 1 N–H and O–H groups in total. The Hall–Kier alpha value is -3.21. The van der Waals surface area contributed by atoms with Crippen LogP contribution in [0.1, 0.15) is 5.56 Å². The highest BCUT2D eigenvalue weighted by Gasteiger charge is 2.49. The van der Waals surface area contributed by atoms with Crippen LogP contribution in [-0.2, 0) is 11.3 Å². The van der Waals surface area contributed by atoms with Crippen molar-refractivity contribution in [1.29, 1.82) is 0 Å². The number of nitro groups is 1. The molecule has 0 spiro atoms. The van der Waals surface area contributed by atoms with E-state index in [0.717, 1.165) is 31.7 Å². The van der Waals surface area contributed by atoms with Gasteiger partial charge in [-0.3, -0.25) is 20.2 Å². The van der Waals surface area contributed by atoms with Crippen LogP contribution < -0.4 is 5.32 Å². The maximum atomic E-state index is 12.7. The molecule has 154 valence electrons. The summed E-state index contributed by atoms with van der Waals surface area (Å²) in [6.45, 7) is 3.65. The van der Waals surface area contributed by atoms with Gasteiger partial charge in [0.25, 0.3) is 11.6 Å². The van der Waals surface area contributed by atoms with E-state index in [0.29, 0.717) is 12.5 Å². The summed E-state index contributed by atoms with van der Waals surface area (Å²) in [6, 6.07) is 5.17. The van der Waals surface area contributed by atoms with Gasteiger partial charge in [-0.2, -0.15) is 0 Å². The van der Waals surface area contributed by atoms with Crippen molar-refractivity contribution in [1.82, 2.24) is 24.9 Å². The lowest BCUT2D eigenvalue weighted by Crippen LogP contribution is -2.64. The Balaban J connectivity index is 1.64. The van der Waals surface area contributed by atoms with Gasteiger partial charge in [0.1, 0.15) is 0 Å². The highest BCUT2D eigenvalue weighted by atomic mass is 16.6. The molecule has 3 heterocycles. The largest absolute Gasteiger partial charge is 0.340 e. The summed E-state index contributed by atoms with van der Waals surface area (Å²) in [5.41, 5.74) is 0.840. The van der Waals surface area contributed by atoms with E-state index in [4.69, 9.17) is 4.99 Å². The first-order valence-electron chi connectivity index (χ1n) is 9.44. The molecule has 11 heteroatoms. The van der Waals surface area contributed by atoms with E-state index in [1.165, 1.54) is 17.0 Å². The van der Waals surface area contributed by atoms with Gasteiger partial charge in [-0.15, -0.1) is 0 Å². The lowest BCUT2D eigenvalue weighted by atomic mass is 10.1. The predicted molar refractivity (Wildman–Crippen MR) is 104 cm³/mol. The molecule has 4 rings (SSSR count). The van der Waals surface area contributed by atoms with Gasteiger partial charge in [0.2, 0.25) is 0 Å². The van der Waals surface area contributed by atoms with Gasteiger partial charge in [0.15, 0.2) is 18.2 Å². The van der Waals surface area contributed by atoms with Crippen LogP contribution >= 0.6 is 0 Å². The summed E-state index contributed by atoms with van der Waals surface area (Å²) in [6.07, 6.45) is -0.594. The number of hydrogen-bond acceptors (Lipinski definition) is 8. The van der Waals surface area contributed by atoms with Gasteiger partial charge in [0.05, 0.1) is 4.92 Å². The fraction of sp³-hybridized carbons (Fsp3) is 0.500.